The molecule has 10 heteroatoms. The Morgan fingerprint density at radius 3 is 2.73 bits per heavy atom. The van der Waals surface area contributed by atoms with Gasteiger partial charge in [0.2, 0.25) is 0 Å². The number of carbonyl (C=O) groups excluding carboxylic acids is 1. The molecule has 37 heavy (non-hydrogen) atoms. The second-order valence-corrected chi connectivity index (χ2v) is 10.1. The molecular formula is C27H20Cl2N2O5S. The van der Waals surface area contributed by atoms with Crippen LogP contribution in [0.2, 0.25) is 10.0 Å². The van der Waals surface area contributed by atoms with Crippen LogP contribution in [0.5, 0.6) is 5.75 Å². The number of halogens is 2. The second-order valence-electron chi connectivity index (χ2n) is 8.23. The van der Waals surface area contributed by atoms with E-state index >= 15 is 0 Å². The Balaban J connectivity index is 1.69. The van der Waals surface area contributed by atoms with Crippen LogP contribution < -0.4 is 14.9 Å². The van der Waals surface area contributed by atoms with Gasteiger partial charge in [0.1, 0.15) is 23.3 Å². The van der Waals surface area contributed by atoms with E-state index in [0.717, 1.165) is 0 Å². The molecule has 2 aromatic heterocycles. The van der Waals surface area contributed by atoms with Gasteiger partial charge in [-0.25, -0.2) is 9.79 Å². The number of fused-ring (bicyclic) bond motifs is 1. The fraction of sp³-hybridized carbons (Fsp3) is 0.148. The van der Waals surface area contributed by atoms with Gasteiger partial charge in [-0.3, -0.25) is 9.36 Å². The molecule has 0 saturated carbocycles. The van der Waals surface area contributed by atoms with Crippen LogP contribution in [0.4, 0.5) is 0 Å². The van der Waals surface area contributed by atoms with Crippen LogP contribution in [0.1, 0.15) is 31.2 Å². The van der Waals surface area contributed by atoms with E-state index in [1.807, 2.05) is 0 Å². The number of aromatic hydroxyl groups is 1. The number of phenolic OH excluding ortho intramolecular Hbond substituents is 1. The van der Waals surface area contributed by atoms with E-state index in [1.165, 1.54) is 15.9 Å². The summed E-state index contributed by atoms with van der Waals surface area (Å²) >= 11 is 13.4. The van der Waals surface area contributed by atoms with Crippen LogP contribution in [0.3, 0.4) is 0 Å². The number of furan rings is 1. The molecule has 1 N–H and O–H groups in total. The van der Waals surface area contributed by atoms with Crippen LogP contribution in [0, 0.1) is 0 Å². The molecule has 0 bridgehead atoms. The van der Waals surface area contributed by atoms with Crippen molar-refractivity contribution in [1.29, 1.82) is 0 Å². The average molecular weight is 555 g/mol. The molecule has 0 radical (unpaired) electrons. The molecule has 1 atom stereocenters. The minimum Gasteiger partial charge on any atom is -0.508 e. The first-order valence-electron chi connectivity index (χ1n) is 11.3. The molecule has 4 aromatic rings. The van der Waals surface area contributed by atoms with Gasteiger partial charge in [-0.1, -0.05) is 46.7 Å². The first-order chi connectivity index (χ1) is 17.8. The van der Waals surface area contributed by atoms with E-state index in [0.29, 0.717) is 47.7 Å². The SMILES string of the molecule is CCOC(=O)C1=C(C)N=c2s/c(=C\c3cccc(O)c3)c(=O)n2[C@H]1c1ccc(-c2ccc(Cl)c(Cl)c2)o1. The summed E-state index contributed by atoms with van der Waals surface area (Å²) in [5.74, 6) is 0.366. The summed E-state index contributed by atoms with van der Waals surface area (Å²) in [6, 6.07) is 14.3. The summed E-state index contributed by atoms with van der Waals surface area (Å²) in [6.07, 6.45) is 1.67. The quantitative estimate of drug-likeness (QED) is 0.347. The molecule has 7 nitrogen and oxygen atoms in total. The van der Waals surface area contributed by atoms with Gasteiger partial charge in [0.05, 0.1) is 32.5 Å². The van der Waals surface area contributed by atoms with Gasteiger partial charge in [0.15, 0.2) is 4.80 Å². The lowest BCUT2D eigenvalue weighted by atomic mass is 10.0. The van der Waals surface area contributed by atoms with Gasteiger partial charge in [-0.15, -0.1) is 0 Å². The summed E-state index contributed by atoms with van der Waals surface area (Å²) in [5.41, 5.74) is 1.64. The van der Waals surface area contributed by atoms with Crippen molar-refractivity contribution in [3.63, 3.8) is 0 Å². The molecule has 0 saturated heterocycles. The Morgan fingerprint density at radius 1 is 1.19 bits per heavy atom. The molecule has 2 aromatic carbocycles. The van der Waals surface area contributed by atoms with E-state index in [4.69, 9.17) is 32.4 Å². The van der Waals surface area contributed by atoms with Crippen molar-refractivity contribution in [1.82, 2.24) is 4.57 Å². The van der Waals surface area contributed by atoms with Crippen molar-refractivity contribution < 1.29 is 19.1 Å². The number of hydrogen-bond acceptors (Lipinski definition) is 7. The van der Waals surface area contributed by atoms with E-state index in [9.17, 15) is 14.7 Å². The number of nitrogens with zero attached hydrogens (tertiary/aromatic N) is 2. The van der Waals surface area contributed by atoms with Gasteiger partial charge in [0.25, 0.3) is 5.56 Å². The van der Waals surface area contributed by atoms with Gasteiger partial charge in [-0.2, -0.15) is 0 Å². The number of phenols is 1. The Labute approximate surface area is 225 Å². The van der Waals surface area contributed by atoms with Gasteiger partial charge >= 0.3 is 5.97 Å². The van der Waals surface area contributed by atoms with E-state index in [1.54, 1.807) is 74.5 Å². The molecular weight excluding hydrogens is 535 g/mol. The van der Waals surface area contributed by atoms with E-state index in [2.05, 4.69) is 4.99 Å². The molecule has 1 aliphatic rings. The lowest BCUT2D eigenvalue weighted by Gasteiger charge is -2.22. The third-order valence-electron chi connectivity index (χ3n) is 5.79. The number of rotatable bonds is 5. The highest BCUT2D eigenvalue weighted by Crippen LogP contribution is 2.35. The first kappa shape index (κ1) is 25.1. The molecule has 1 aliphatic heterocycles. The standard InChI is InChI=1S/C27H20Cl2N2O5S/c1-3-35-26(34)23-14(2)30-27-31(25(33)22(37-27)12-15-5-4-6-17(32)11-15)24(23)21-10-9-20(36-21)16-7-8-18(28)19(29)13-16/h4-13,24,32H,3H2,1-2H3/b22-12-/t24-/m0/s1. The molecule has 3 heterocycles. The highest BCUT2D eigenvalue weighted by atomic mass is 35.5. The fourth-order valence-electron chi connectivity index (χ4n) is 4.13. The minimum absolute atomic E-state index is 0.0882. The molecule has 188 valence electrons. The Morgan fingerprint density at radius 2 is 2.00 bits per heavy atom. The molecule has 0 amide bonds. The van der Waals surface area contributed by atoms with Crippen molar-refractivity contribution in [3.05, 3.63) is 107 Å². The maximum absolute atomic E-state index is 13.6. The smallest absolute Gasteiger partial charge is 0.338 e. The molecule has 0 unspecified atom stereocenters. The van der Waals surface area contributed by atoms with Crippen molar-refractivity contribution in [2.45, 2.75) is 19.9 Å². The topological polar surface area (TPSA) is 94.0 Å². The third-order valence-corrected chi connectivity index (χ3v) is 7.51. The van der Waals surface area contributed by atoms with Crippen LogP contribution >= 0.6 is 34.5 Å². The summed E-state index contributed by atoms with van der Waals surface area (Å²) in [7, 11) is 0. The monoisotopic (exact) mass is 554 g/mol. The summed E-state index contributed by atoms with van der Waals surface area (Å²) in [5, 5.41) is 10.6. The maximum atomic E-state index is 13.6. The highest BCUT2D eigenvalue weighted by Gasteiger charge is 2.35. The van der Waals surface area contributed by atoms with Crippen LogP contribution in [0.15, 0.2) is 80.1 Å². The molecule has 0 aliphatic carbocycles. The predicted octanol–water partition coefficient (Wildman–Crippen LogP) is 5.07. The molecule has 0 fully saturated rings. The zero-order valence-electron chi connectivity index (χ0n) is 19.7. The van der Waals surface area contributed by atoms with E-state index in [-0.39, 0.29) is 23.5 Å². The van der Waals surface area contributed by atoms with Crippen LogP contribution in [-0.2, 0) is 9.53 Å². The third kappa shape index (κ3) is 4.75. The minimum atomic E-state index is -0.891. The normalized spacial score (nSPS) is 15.5. The largest absolute Gasteiger partial charge is 0.508 e. The number of aromatic nitrogens is 1. The zero-order chi connectivity index (χ0) is 26.3. The Kier molecular flexibility index (Phi) is 6.81. The molecule has 0 spiro atoms. The predicted molar refractivity (Wildman–Crippen MR) is 143 cm³/mol. The lowest BCUT2D eigenvalue weighted by Crippen LogP contribution is -2.39. The Hall–Kier alpha value is -3.59. The highest BCUT2D eigenvalue weighted by molar-refractivity contribution is 7.07. The first-order valence-corrected chi connectivity index (χ1v) is 12.9. The number of ether oxygens (including phenoxy) is 1. The van der Waals surface area contributed by atoms with Crippen molar-refractivity contribution in [3.8, 4) is 17.1 Å². The number of esters is 1. The van der Waals surface area contributed by atoms with E-state index < -0.39 is 12.0 Å². The lowest BCUT2D eigenvalue weighted by molar-refractivity contribution is -0.139. The van der Waals surface area contributed by atoms with Crippen LogP contribution in [0.25, 0.3) is 17.4 Å². The summed E-state index contributed by atoms with van der Waals surface area (Å²) in [4.78, 5) is 31.7. The van der Waals surface area contributed by atoms with Gasteiger partial charge in [0, 0.05) is 5.56 Å². The number of benzene rings is 2. The summed E-state index contributed by atoms with van der Waals surface area (Å²) in [6.45, 7) is 3.58. The zero-order valence-corrected chi connectivity index (χ0v) is 22.0. The van der Waals surface area contributed by atoms with Gasteiger partial charge in [-0.05, 0) is 68.0 Å². The van der Waals surface area contributed by atoms with Crippen molar-refractivity contribution in [2.24, 2.45) is 4.99 Å². The number of allylic oxidation sites excluding steroid dienone is 1. The second kappa shape index (κ2) is 10.0. The summed E-state index contributed by atoms with van der Waals surface area (Å²) < 4.78 is 13.3. The Bertz CT molecular complexity index is 1750. The molecule has 5 rings (SSSR count). The average Bonchev–Trinajstić information content (AvgIpc) is 3.45. The number of thiazole rings is 1. The van der Waals surface area contributed by atoms with Gasteiger partial charge < -0.3 is 14.3 Å². The fourth-order valence-corrected chi connectivity index (χ4v) is 5.48. The maximum Gasteiger partial charge on any atom is 0.338 e. The van der Waals surface area contributed by atoms with Crippen LogP contribution in [-0.4, -0.2) is 22.2 Å². The number of hydrogen-bond donors (Lipinski definition) is 1. The van der Waals surface area contributed by atoms with Crippen molar-refractivity contribution in [2.75, 3.05) is 6.61 Å². The number of carbonyl (C=O) groups is 1. The van der Waals surface area contributed by atoms with Crippen molar-refractivity contribution >= 4 is 46.6 Å².